The molecule has 8 heavy (non-hydrogen) atoms. The summed E-state index contributed by atoms with van der Waals surface area (Å²) >= 11 is 0. The summed E-state index contributed by atoms with van der Waals surface area (Å²) < 4.78 is 0. The van der Waals surface area contributed by atoms with Gasteiger partial charge in [0.15, 0.2) is 0 Å². The SMILES string of the molecule is O.O.O.O.O.O.[Cl-].[Fe+3]. The molecule has 0 unspecified atom stereocenters. The Kier molecular flexibility index (Phi) is 191000. The fourth-order valence-corrected chi connectivity index (χ4v) is 0. The third-order valence-corrected chi connectivity index (χ3v) is 0. The van der Waals surface area contributed by atoms with E-state index < -0.39 is 0 Å². The van der Waals surface area contributed by atoms with Crippen molar-refractivity contribution >= 4 is 0 Å². The second-order valence-electron chi connectivity index (χ2n) is 0. The second-order valence-corrected chi connectivity index (χ2v) is 0. The Labute approximate surface area is 63.0 Å². The fraction of sp³-hybridized carbons (Fsp3) is 0. The summed E-state index contributed by atoms with van der Waals surface area (Å²) in [5.41, 5.74) is 0. The van der Waals surface area contributed by atoms with Crippen LogP contribution >= 0.6 is 0 Å². The third kappa shape index (κ3) is 628. The van der Waals surface area contributed by atoms with Gasteiger partial charge in [-0.05, 0) is 0 Å². The van der Waals surface area contributed by atoms with Crippen LogP contribution in [0.25, 0.3) is 0 Å². The average Bonchev–Trinajstić information content (AvgIpc) is 0. The van der Waals surface area contributed by atoms with Crippen molar-refractivity contribution in [3.05, 3.63) is 0 Å². The Hall–Kier alpha value is 0.569. The van der Waals surface area contributed by atoms with Crippen LogP contribution in [0.1, 0.15) is 0 Å². The molecule has 12 N–H and O–H groups in total. The first-order chi connectivity index (χ1) is 0. The zero-order valence-corrected chi connectivity index (χ0v) is 5.59. The maximum Gasteiger partial charge on any atom is 3.00 e. The maximum atomic E-state index is 0. The van der Waals surface area contributed by atoms with Gasteiger partial charge in [-0.25, -0.2) is 0 Å². The number of rotatable bonds is 0. The van der Waals surface area contributed by atoms with Gasteiger partial charge in [-0.3, -0.25) is 0 Å². The average molecular weight is 199 g/mol. The minimum absolute atomic E-state index is 0. The first-order valence-corrected chi connectivity index (χ1v) is 0. The molecular formula is H12ClFeO6+2. The van der Waals surface area contributed by atoms with Gasteiger partial charge in [0, 0.05) is 0 Å². The monoisotopic (exact) mass is 199 g/mol. The first kappa shape index (κ1) is 1510. The molecule has 61 valence electrons. The van der Waals surface area contributed by atoms with Gasteiger partial charge in [0.05, 0.1) is 0 Å². The second kappa shape index (κ2) is 1010. The van der Waals surface area contributed by atoms with E-state index in [2.05, 4.69) is 0 Å². The van der Waals surface area contributed by atoms with Gasteiger partial charge in [-0.1, -0.05) is 0 Å². The third-order valence-electron chi connectivity index (χ3n) is 0. The van der Waals surface area contributed by atoms with Crippen molar-refractivity contribution in [2.24, 2.45) is 0 Å². The molecule has 0 aliphatic carbocycles. The molecule has 0 atom stereocenters. The molecule has 1 radical (unpaired) electrons. The van der Waals surface area contributed by atoms with Crippen molar-refractivity contribution in [3.63, 3.8) is 0 Å². The van der Waals surface area contributed by atoms with E-state index in [4.69, 9.17) is 0 Å². The van der Waals surface area contributed by atoms with Crippen molar-refractivity contribution in [1.82, 2.24) is 0 Å². The fourth-order valence-electron chi connectivity index (χ4n) is 0. The summed E-state index contributed by atoms with van der Waals surface area (Å²) in [4.78, 5) is 0. The van der Waals surface area contributed by atoms with Crippen LogP contribution in [0.4, 0.5) is 0 Å². The molecule has 0 fully saturated rings. The Balaban J connectivity index is 0. The van der Waals surface area contributed by atoms with Crippen LogP contribution in [0.2, 0.25) is 0 Å². The van der Waals surface area contributed by atoms with Crippen molar-refractivity contribution in [2.75, 3.05) is 0 Å². The summed E-state index contributed by atoms with van der Waals surface area (Å²) in [5, 5.41) is 0. The summed E-state index contributed by atoms with van der Waals surface area (Å²) in [6, 6.07) is 0. The van der Waals surface area contributed by atoms with E-state index in [9.17, 15) is 0 Å². The van der Waals surface area contributed by atoms with E-state index in [1.165, 1.54) is 0 Å². The molecule has 0 spiro atoms. The Morgan fingerprint density at radius 2 is 0.375 bits per heavy atom. The molecule has 0 aromatic carbocycles. The van der Waals surface area contributed by atoms with Gasteiger partial charge < -0.3 is 45.3 Å². The van der Waals surface area contributed by atoms with Crippen LogP contribution in [0, 0.1) is 0 Å². The summed E-state index contributed by atoms with van der Waals surface area (Å²) in [7, 11) is 0. The standard InChI is InChI=1S/ClH.Fe.6H2O/h1H;;6*1H2/q;+3;;;;;;/p-1. The zero-order chi connectivity index (χ0) is 0. The largest absolute Gasteiger partial charge is 3.00 e. The van der Waals surface area contributed by atoms with E-state index in [0.717, 1.165) is 0 Å². The summed E-state index contributed by atoms with van der Waals surface area (Å²) in [5.74, 6) is 0. The van der Waals surface area contributed by atoms with E-state index in [-0.39, 0.29) is 62.3 Å². The van der Waals surface area contributed by atoms with Crippen molar-refractivity contribution in [2.45, 2.75) is 0 Å². The molecule has 6 nitrogen and oxygen atoms in total. The molecule has 8 heteroatoms. The van der Waals surface area contributed by atoms with Crippen LogP contribution in [-0.4, -0.2) is 32.9 Å². The van der Waals surface area contributed by atoms with Crippen LogP contribution in [0.5, 0.6) is 0 Å². The smallest absolute Gasteiger partial charge is 1.00 e. The van der Waals surface area contributed by atoms with Crippen molar-refractivity contribution in [3.8, 4) is 0 Å². The summed E-state index contributed by atoms with van der Waals surface area (Å²) in [6.45, 7) is 0. The van der Waals surface area contributed by atoms with Gasteiger partial charge in [0.1, 0.15) is 0 Å². The normalized spacial score (nSPS) is 0. The van der Waals surface area contributed by atoms with Crippen LogP contribution in [0.3, 0.4) is 0 Å². The van der Waals surface area contributed by atoms with E-state index in [1.54, 1.807) is 0 Å². The van der Waals surface area contributed by atoms with Crippen molar-refractivity contribution in [1.29, 1.82) is 0 Å². The van der Waals surface area contributed by atoms with Gasteiger partial charge in [-0.2, -0.15) is 0 Å². The minimum atomic E-state index is 0. The van der Waals surface area contributed by atoms with E-state index >= 15 is 0 Å². The molecular weight excluding hydrogens is 187 g/mol. The van der Waals surface area contributed by atoms with E-state index in [0.29, 0.717) is 0 Å². The van der Waals surface area contributed by atoms with Crippen LogP contribution in [0.15, 0.2) is 0 Å². The number of halogens is 1. The van der Waals surface area contributed by atoms with Gasteiger partial charge in [0.2, 0.25) is 0 Å². The molecule has 0 saturated heterocycles. The summed E-state index contributed by atoms with van der Waals surface area (Å²) in [6.07, 6.45) is 0. The maximum absolute atomic E-state index is 0. The Bertz CT molecular complexity index is 8.49. The predicted octanol–water partition coefficient (Wildman–Crippen LogP) is -7.95. The molecule has 0 rings (SSSR count). The van der Waals surface area contributed by atoms with Crippen LogP contribution < -0.4 is 12.4 Å². The molecule has 0 bridgehead atoms. The van der Waals surface area contributed by atoms with Gasteiger partial charge in [-0.15, -0.1) is 0 Å². The molecule has 0 aromatic heterocycles. The molecule has 0 aliphatic rings. The van der Waals surface area contributed by atoms with E-state index in [1.807, 2.05) is 0 Å². The molecule has 0 aromatic rings. The van der Waals surface area contributed by atoms with Gasteiger partial charge >= 0.3 is 17.1 Å². The number of hydrogen-bond donors (Lipinski definition) is 0. The Morgan fingerprint density at radius 3 is 0.375 bits per heavy atom. The van der Waals surface area contributed by atoms with Gasteiger partial charge in [0.25, 0.3) is 0 Å². The number of hydrogen-bond acceptors (Lipinski definition) is 0. The topological polar surface area (TPSA) is 189 Å². The molecule has 0 aliphatic heterocycles. The molecule has 0 amide bonds. The van der Waals surface area contributed by atoms with Crippen molar-refractivity contribution < 1.29 is 62.3 Å². The first-order valence-electron chi connectivity index (χ1n) is 0. The quantitative estimate of drug-likeness (QED) is 0.335. The molecule has 0 saturated carbocycles. The predicted molar refractivity (Wildman–Crippen MR) is 21.7 cm³/mol. The Morgan fingerprint density at radius 1 is 0.375 bits per heavy atom. The molecule has 0 heterocycles. The minimum Gasteiger partial charge on any atom is -1.00 e. The zero-order valence-electron chi connectivity index (χ0n) is 3.73. The van der Waals surface area contributed by atoms with Crippen LogP contribution in [-0.2, 0) is 17.1 Å².